The number of nitrogens with one attached hydrogen (secondary N) is 1. The molecule has 0 unspecified atom stereocenters. The number of aryl methyl sites for hydroxylation is 1. The number of aromatic nitrogens is 2. The molecule has 1 aliphatic carbocycles. The molecule has 128 valence electrons. The Morgan fingerprint density at radius 1 is 1.46 bits per heavy atom. The van der Waals surface area contributed by atoms with E-state index in [4.69, 9.17) is 4.74 Å². The first kappa shape index (κ1) is 17.2. The van der Waals surface area contributed by atoms with Gasteiger partial charge in [-0.2, -0.15) is 0 Å². The lowest BCUT2D eigenvalue weighted by Gasteiger charge is -2.18. The lowest BCUT2D eigenvalue weighted by atomic mass is 9.89. The summed E-state index contributed by atoms with van der Waals surface area (Å²) in [5, 5.41) is 4.09. The van der Waals surface area contributed by atoms with Crippen molar-refractivity contribution in [3.63, 3.8) is 0 Å². The van der Waals surface area contributed by atoms with E-state index in [2.05, 4.69) is 22.2 Å². The van der Waals surface area contributed by atoms with E-state index in [1.54, 1.807) is 24.6 Å². The fraction of sp³-hybridized carbons (Fsp3) is 0.500. The average molecular weight is 365 g/mol. The first-order chi connectivity index (χ1) is 11.6. The number of nitrogens with zero attached hydrogens (tertiary/aromatic N) is 2. The summed E-state index contributed by atoms with van der Waals surface area (Å²) in [4.78, 5) is 34.2. The number of hydrogen-bond acceptors (Lipinski definition) is 7. The second-order valence-corrected chi connectivity index (χ2v) is 7.82. The molecule has 0 saturated carbocycles. The summed E-state index contributed by atoms with van der Waals surface area (Å²) >= 11 is 3.06. The number of carbonyl (C=O) groups is 2. The van der Waals surface area contributed by atoms with Crippen molar-refractivity contribution in [3.8, 4) is 0 Å². The van der Waals surface area contributed by atoms with Crippen LogP contribution in [0.1, 0.15) is 30.7 Å². The van der Waals surface area contributed by atoms with Crippen molar-refractivity contribution in [2.24, 2.45) is 5.92 Å². The lowest BCUT2D eigenvalue weighted by molar-refractivity contribution is -0.117. The second-order valence-electron chi connectivity index (χ2n) is 5.77. The van der Waals surface area contributed by atoms with Crippen LogP contribution in [0.2, 0.25) is 0 Å². The molecular formula is C16H19N3O3S2. The number of hydrogen-bond donors (Lipinski definition) is 1. The zero-order valence-corrected chi connectivity index (χ0v) is 15.3. The zero-order valence-electron chi connectivity index (χ0n) is 13.6. The number of alkyl carbamates (subject to hydrolysis) is 1. The number of rotatable bonds is 4. The zero-order chi connectivity index (χ0) is 17.1. The predicted octanol–water partition coefficient (Wildman–Crippen LogP) is 3.18. The molecule has 2 aromatic rings. The van der Waals surface area contributed by atoms with E-state index in [1.807, 2.05) is 0 Å². The molecule has 0 spiro atoms. The topological polar surface area (TPSA) is 81.2 Å². The van der Waals surface area contributed by atoms with E-state index in [9.17, 15) is 9.59 Å². The van der Waals surface area contributed by atoms with Crippen molar-refractivity contribution in [3.05, 3.63) is 16.8 Å². The normalized spacial score (nSPS) is 16.7. The standard InChI is InChI=1S/C16H19N3O3S2/c1-3-22-16(21)19-12(20)7-23-14-13-10-5-4-9(2)6-11(10)24-15(13)18-8-17-14/h8-9H,3-7H2,1-2H3,(H,19,20,21)/t9-/m1/s1. The highest BCUT2D eigenvalue weighted by atomic mass is 32.2. The van der Waals surface area contributed by atoms with Gasteiger partial charge in [-0.25, -0.2) is 14.8 Å². The Kier molecular flexibility index (Phi) is 5.35. The average Bonchev–Trinajstić information content (AvgIpc) is 2.90. The maximum atomic E-state index is 11.8. The van der Waals surface area contributed by atoms with Gasteiger partial charge in [-0.3, -0.25) is 10.1 Å². The highest BCUT2D eigenvalue weighted by Gasteiger charge is 2.23. The SMILES string of the molecule is CCOC(=O)NC(=O)CSc1ncnc2sc3c(c12)CC[C@@H](C)C3. The van der Waals surface area contributed by atoms with Crippen LogP contribution in [-0.2, 0) is 22.4 Å². The number of thioether (sulfide) groups is 1. The Morgan fingerprint density at radius 3 is 3.08 bits per heavy atom. The summed E-state index contributed by atoms with van der Waals surface area (Å²) in [5.41, 5.74) is 1.34. The summed E-state index contributed by atoms with van der Waals surface area (Å²) < 4.78 is 4.70. The lowest BCUT2D eigenvalue weighted by Crippen LogP contribution is -2.32. The molecule has 0 fully saturated rings. The minimum atomic E-state index is -0.710. The number of fused-ring (bicyclic) bond motifs is 3. The van der Waals surface area contributed by atoms with Gasteiger partial charge in [0.15, 0.2) is 0 Å². The van der Waals surface area contributed by atoms with E-state index in [1.165, 1.54) is 28.6 Å². The van der Waals surface area contributed by atoms with Crippen LogP contribution >= 0.6 is 23.1 Å². The van der Waals surface area contributed by atoms with Crippen LogP contribution in [-0.4, -0.2) is 34.3 Å². The van der Waals surface area contributed by atoms with Crippen LogP contribution in [0.5, 0.6) is 0 Å². The maximum absolute atomic E-state index is 11.8. The fourth-order valence-corrected chi connectivity index (χ4v) is 5.05. The van der Waals surface area contributed by atoms with Crippen molar-refractivity contribution < 1.29 is 14.3 Å². The molecule has 24 heavy (non-hydrogen) atoms. The highest BCUT2D eigenvalue weighted by molar-refractivity contribution is 8.00. The van der Waals surface area contributed by atoms with Gasteiger partial charge < -0.3 is 4.74 Å². The van der Waals surface area contributed by atoms with Gasteiger partial charge in [-0.1, -0.05) is 18.7 Å². The summed E-state index contributed by atoms with van der Waals surface area (Å²) in [6.45, 7) is 4.20. The van der Waals surface area contributed by atoms with E-state index in [0.29, 0.717) is 5.92 Å². The molecule has 0 bridgehead atoms. The van der Waals surface area contributed by atoms with Crippen LogP contribution in [0.15, 0.2) is 11.4 Å². The van der Waals surface area contributed by atoms with Gasteiger partial charge in [0.1, 0.15) is 16.2 Å². The summed E-state index contributed by atoms with van der Waals surface area (Å²) in [6, 6.07) is 0. The van der Waals surface area contributed by atoms with E-state index < -0.39 is 6.09 Å². The third kappa shape index (κ3) is 3.70. The van der Waals surface area contributed by atoms with Crippen molar-refractivity contribution in [2.45, 2.75) is 38.1 Å². The molecule has 0 aromatic carbocycles. The minimum Gasteiger partial charge on any atom is -0.450 e. The molecule has 0 saturated heterocycles. The van der Waals surface area contributed by atoms with E-state index in [-0.39, 0.29) is 18.3 Å². The Labute approximate surface area is 148 Å². The van der Waals surface area contributed by atoms with Gasteiger partial charge in [0, 0.05) is 10.3 Å². The Morgan fingerprint density at radius 2 is 2.29 bits per heavy atom. The summed E-state index contributed by atoms with van der Waals surface area (Å²) in [7, 11) is 0. The van der Waals surface area contributed by atoms with Gasteiger partial charge >= 0.3 is 6.09 Å². The molecule has 6 nitrogen and oxygen atoms in total. The van der Waals surface area contributed by atoms with Crippen LogP contribution < -0.4 is 5.32 Å². The summed E-state index contributed by atoms with van der Waals surface area (Å²) in [6.07, 6.45) is 4.12. The Bertz CT molecular complexity index is 775. The fourth-order valence-electron chi connectivity index (χ4n) is 2.81. The van der Waals surface area contributed by atoms with Gasteiger partial charge in [0.2, 0.25) is 5.91 Å². The van der Waals surface area contributed by atoms with Gasteiger partial charge in [-0.05, 0) is 37.7 Å². The number of amides is 2. The maximum Gasteiger partial charge on any atom is 0.413 e. The smallest absolute Gasteiger partial charge is 0.413 e. The monoisotopic (exact) mass is 365 g/mol. The number of imide groups is 1. The quantitative estimate of drug-likeness (QED) is 0.662. The van der Waals surface area contributed by atoms with Crippen molar-refractivity contribution >= 4 is 45.3 Å². The van der Waals surface area contributed by atoms with E-state index in [0.717, 1.165) is 28.1 Å². The van der Waals surface area contributed by atoms with Crippen LogP contribution in [0.25, 0.3) is 10.2 Å². The molecule has 8 heteroatoms. The third-order valence-electron chi connectivity index (χ3n) is 3.91. The molecule has 2 amide bonds. The van der Waals surface area contributed by atoms with Crippen molar-refractivity contribution in [1.29, 1.82) is 0 Å². The van der Waals surface area contributed by atoms with Crippen LogP contribution in [0.3, 0.4) is 0 Å². The predicted molar refractivity (Wildman–Crippen MR) is 94.5 cm³/mol. The molecule has 2 aromatic heterocycles. The molecule has 1 aliphatic rings. The van der Waals surface area contributed by atoms with Gasteiger partial charge in [-0.15, -0.1) is 11.3 Å². The molecule has 0 aliphatic heterocycles. The van der Waals surface area contributed by atoms with E-state index >= 15 is 0 Å². The first-order valence-corrected chi connectivity index (χ1v) is 9.73. The minimum absolute atomic E-state index is 0.117. The molecule has 1 N–H and O–H groups in total. The number of thiophene rings is 1. The molecule has 0 radical (unpaired) electrons. The number of ether oxygens (including phenoxy) is 1. The molecule has 2 heterocycles. The molecule has 3 rings (SSSR count). The van der Waals surface area contributed by atoms with Gasteiger partial charge in [0.25, 0.3) is 0 Å². The number of carbonyl (C=O) groups excluding carboxylic acids is 2. The molecule has 1 atom stereocenters. The van der Waals surface area contributed by atoms with Gasteiger partial charge in [0.05, 0.1) is 12.4 Å². The third-order valence-corrected chi connectivity index (χ3v) is 6.07. The Hall–Kier alpha value is -1.67. The second kappa shape index (κ2) is 7.48. The Balaban J connectivity index is 1.75. The van der Waals surface area contributed by atoms with Crippen molar-refractivity contribution in [2.75, 3.05) is 12.4 Å². The molecular weight excluding hydrogens is 346 g/mol. The summed E-state index contributed by atoms with van der Waals surface area (Å²) in [5.74, 6) is 0.430. The van der Waals surface area contributed by atoms with Crippen LogP contribution in [0, 0.1) is 5.92 Å². The highest BCUT2D eigenvalue weighted by Crippen LogP contribution is 2.40. The largest absolute Gasteiger partial charge is 0.450 e. The first-order valence-electron chi connectivity index (χ1n) is 7.93. The van der Waals surface area contributed by atoms with Crippen molar-refractivity contribution in [1.82, 2.24) is 15.3 Å². The van der Waals surface area contributed by atoms with Crippen LogP contribution in [0.4, 0.5) is 4.79 Å².